The van der Waals surface area contributed by atoms with Gasteiger partial charge in [0.05, 0.1) is 0 Å². The predicted molar refractivity (Wildman–Crippen MR) is 69.7 cm³/mol. The Kier molecular flexibility index (Phi) is 5.52. The molecule has 4 nitrogen and oxygen atoms in total. The molecule has 0 spiro atoms. The minimum atomic E-state index is -3.85. The number of benzene rings is 1. The van der Waals surface area contributed by atoms with Crippen molar-refractivity contribution < 1.29 is 12.8 Å². The third-order valence-corrected chi connectivity index (χ3v) is 4.03. The maximum Gasteiger partial charge on any atom is 0.243 e. The maximum absolute atomic E-state index is 14.1. The Labute approximate surface area is 112 Å². The highest BCUT2D eigenvalue weighted by atomic mass is 35.5. The summed E-state index contributed by atoms with van der Waals surface area (Å²) in [7, 11) is -3.85. The second kappa shape index (κ2) is 6.47. The highest BCUT2D eigenvalue weighted by molar-refractivity contribution is 7.89. The Morgan fingerprint density at radius 1 is 1.28 bits per heavy atom. The van der Waals surface area contributed by atoms with Crippen molar-refractivity contribution in [1.29, 1.82) is 0 Å². The van der Waals surface area contributed by atoms with E-state index in [1.54, 1.807) is 6.92 Å². The smallest absolute Gasteiger partial charge is 0.243 e. The van der Waals surface area contributed by atoms with Gasteiger partial charge in [0.2, 0.25) is 10.0 Å². The van der Waals surface area contributed by atoms with Crippen LogP contribution in [-0.2, 0) is 16.6 Å². The second-order valence-corrected chi connectivity index (χ2v) is 5.83. The fourth-order valence-electron chi connectivity index (χ4n) is 1.47. The van der Waals surface area contributed by atoms with Crippen LogP contribution in [0.5, 0.6) is 0 Å². The van der Waals surface area contributed by atoms with E-state index in [1.807, 2.05) is 6.92 Å². The second-order valence-electron chi connectivity index (χ2n) is 3.66. The first-order chi connectivity index (χ1) is 8.42. The monoisotopic (exact) mass is 294 g/mol. The molecule has 0 aliphatic heterocycles. The summed E-state index contributed by atoms with van der Waals surface area (Å²) in [6.45, 7) is 4.58. The molecular formula is C11H16ClFN2O2S. The van der Waals surface area contributed by atoms with Crippen LogP contribution in [0, 0.1) is 5.82 Å². The lowest BCUT2D eigenvalue weighted by Crippen LogP contribution is -2.25. The predicted octanol–water partition coefficient (Wildman–Crippen LogP) is 1.89. The average molecular weight is 295 g/mol. The zero-order valence-electron chi connectivity index (χ0n) is 10.3. The van der Waals surface area contributed by atoms with E-state index >= 15 is 0 Å². The Morgan fingerprint density at radius 3 is 2.50 bits per heavy atom. The van der Waals surface area contributed by atoms with Gasteiger partial charge in [-0.15, -0.1) is 0 Å². The molecule has 7 heteroatoms. The summed E-state index contributed by atoms with van der Waals surface area (Å²) in [5.74, 6) is -0.763. The van der Waals surface area contributed by atoms with Gasteiger partial charge in [-0.3, -0.25) is 0 Å². The normalized spacial score (nSPS) is 11.8. The summed E-state index contributed by atoms with van der Waals surface area (Å²) in [5.41, 5.74) is 0.237. The molecule has 0 heterocycles. The summed E-state index contributed by atoms with van der Waals surface area (Å²) in [6, 6.07) is 2.54. The Hall–Kier alpha value is -0.690. The molecule has 0 bridgehead atoms. The number of halogens is 2. The van der Waals surface area contributed by atoms with E-state index in [0.717, 1.165) is 6.07 Å². The first kappa shape index (κ1) is 15.4. The van der Waals surface area contributed by atoms with Crippen LogP contribution in [-0.4, -0.2) is 21.5 Å². The molecule has 1 rings (SSSR count). The SMILES string of the molecule is CCNCc1cc(Cl)cc(S(=O)(=O)NCC)c1F. The molecular weight excluding hydrogens is 279 g/mol. The summed E-state index contributed by atoms with van der Waals surface area (Å²) in [4.78, 5) is -0.412. The van der Waals surface area contributed by atoms with Crippen molar-refractivity contribution in [2.24, 2.45) is 0 Å². The molecule has 0 radical (unpaired) electrons. The highest BCUT2D eigenvalue weighted by Crippen LogP contribution is 2.23. The molecule has 1 aromatic rings. The standard InChI is InChI=1S/C11H16ClFN2O2S/c1-3-14-7-8-5-9(12)6-10(11(8)13)18(16,17)15-4-2/h5-6,14-15H,3-4,7H2,1-2H3. The van der Waals surface area contributed by atoms with E-state index in [9.17, 15) is 12.8 Å². The molecule has 0 unspecified atom stereocenters. The highest BCUT2D eigenvalue weighted by Gasteiger charge is 2.21. The lowest BCUT2D eigenvalue weighted by atomic mass is 10.2. The summed E-state index contributed by atoms with van der Waals surface area (Å²) >= 11 is 5.82. The van der Waals surface area contributed by atoms with Gasteiger partial charge in [0.1, 0.15) is 10.7 Å². The largest absolute Gasteiger partial charge is 0.313 e. The van der Waals surface area contributed by atoms with E-state index in [-0.39, 0.29) is 23.7 Å². The Morgan fingerprint density at radius 2 is 1.94 bits per heavy atom. The molecule has 0 aliphatic carbocycles. The number of hydrogen-bond acceptors (Lipinski definition) is 3. The zero-order chi connectivity index (χ0) is 13.8. The molecule has 0 fully saturated rings. The van der Waals surface area contributed by atoms with Crippen molar-refractivity contribution in [3.8, 4) is 0 Å². The summed E-state index contributed by atoms with van der Waals surface area (Å²) in [6.07, 6.45) is 0. The van der Waals surface area contributed by atoms with Crippen molar-refractivity contribution in [2.75, 3.05) is 13.1 Å². The van der Waals surface area contributed by atoms with Gasteiger partial charge >= 0.3 is 0 Å². The van der Waals surface area contributed by atoms with Crippen molar-refractivity contribution in [3.63, 3.8) is 0 Å². The van der Waals surface area contributed by atoms with Gasteiger partial charge in [0, 0.05) is 23.7 Å². The lowest BCUT2D eigenvalue weighted by Gasteiger charge is -2.10. The van der Waals surface area contributed by atoms with Crippen molar-refractivity contribution in [2.45, 2.75) is 25.3 Å². The first-order valence-electron chi connectivity index (χ1n) is 5.60. The fraction of sp³-hybridized carbons (Fsp3) is 0.455. The van der Waals surface area contributed by atoms with E-state index < -0.39 is 20.7 Å². The van der Waals surface area contributed by atoms with Crippen LogP contribution in [0.3, 0.4) is 0 Å². The molecule has 102 valence electrons. The molecule has 0 saturated carbocycles. The third-order valence-electron chi connectivity index (χ3n) is 2.27. The van der Waals surface area contributed by atoms with Crippen molar-refractivity contribution >= 4 is 21.6 Å². The molecule has 0 amide bonds. The molecule has 0 aromatic heterocycles. The minimum absolute atomic E-state index is 0.191. The third kappa shape index (κ3) is 3.65. The fourth-order valence-corrected chi connectivity index (χ4v) is 2.96. The topological polar surface area (TPSA) is 58.2 Å². The van der Waals surface area contributed by atoms with Crippen LogP contribution in [0.4, 0.5) is 4.39 Å². The van der Waals surface area contributed by atoms with Gasteiger partial charge in [-0.05, 0) is 18.7 Å². The van der Waals surface area contributed by atoms with Crippen LogP contribution in [0.25, 0.3) is 0 Å². The maximum atomic E-state index is 14.1. The average Bonchev–Trinajstić information content (AvgIpc) is 2.29. The molecule has 0 aliphatic rings. The number of hydrogen-bond donors (Lipinski definition) is 2. The van der Waals surface area contributed by atoms with E-state index in [2.05, 4.69) is 10.0 Å². The first-order valence-corrected chi connectivity index (χ1v) is 7.46. The molecule has 0 atom stereocenters. The lowest BCUT2D eigenvalue weighted by molar-refractivity contribution is 0.545. The van der Waals surface area contributed by atoms with E-state index in [1.165, 1.54) is 6.07 Å². The van der Waals surface area contributed by atoms with E-state index in [4.69, 9.17) is 11.6 Å². The van der Waals surface area contributed by atoms with Gasteiger partial charge in [-0.25, -0.2) is 17.5 Å². The molecule has 18 heavy (non-hydrogen) atoms. The quantitative estimate of drug-likeness (QED) is 0.842. The summed E-state index contributed by atoms with van der Waals surface area (Å²) in [5, 5.41) is 3.12. The van der Waals surface area contributed by atoms with Crippen LogP contribution in [0.2, 0.25) is 5.02 Å². The molecule has 0 saturated heterocycles. The van der Waals surface area contributed by atoms with Gasteiger partial charge in [0.25, 0.3) is 0 Å². The van der Waals surface area contributed by atoms with Crippen molar-refractivity contribution in [1.82, 2.24) is 10.0 Å². The van der Waals surface area contributed by atoms with Crippen LogP contribution in [0.1, 0.15) is 19.4 Å². The van der Waals surface area contributed by atoms with Crippen molar-refractivity contribution in [3.05, 3.63) is 28.5 Å². The van der Waals surface area contributed by atoms with Gasteiger partial charge in [-0.1, -0.05) is 25.4 Å². The van der Waals surface area contributed by atoms with Crippen LogP contribution >= 0.6 is 11.6 Å². The molecule has 1 aromatic carbocycles. The van der Waals surface area contributed by atoms with Gasteiger partial charge in [0.15, 0.2) is 0 Å². The molecule has 2 N–H and O–H groups in total. The Bertz CT molecular complexity index is 520. The van der Waals surface area contributed by atoms with Crippen LogP contribution in [0.15, 0.2) is 17.0 Å². The van der Waals surface area contributed by atoms with Gasteiger partial charge in [-0.2, -0.15) is 0 Å². The minimum Gasteiger partial charge on any atom is -0.313 e. The number of sulfonamides is 1. The Balaban J connectivity index is 3.24. The number of nitrogens with one attached hydrogen (secondary N) is 2. The van der Waals surface area contributed by atoms with Crippen LogP contribution < -0.4 is 10.0 Å². The van der Waals surface area contributed by atoms with Gasteiger partial charge < -0.3 is 5.32 Å². The number of rotatable bonds is 6. The van der Waals surface area contributed by atoms with E-state index in [0.29, 0.717) is 6.54 Å². The zero-order valence-corrected chi connectivity index (χ0v) is 11.8. The summed E-state index contributed by atoms with van der Waals surface area (Å²) < 4.78 is 39.9.